The van der Waals surface area contributed by atoms with Crippen molar-refractivity contribution in [3.05, 3.63) is 0 Å². The average molecular weight is 380 g/mol. The third kappa shape index (κ3) is 9.09. The van der Waals surface area contributed by atoms with Crippen molar-refractivity contribution >= 4 is 8.60 Å². The summed E-state index contributed by atoms with van der Waals surface area (Å²) in [6.07, 6.45) is 1.43. The zero-order chi connectivity index (χ0) is 18.8. The summed E-state index contributed by atoms with van der Waals surface area (Å²) < 4.78 is 29.0. The van der Waals surface area contributed by atoms with Crippen molar-refractivity contribution in [1.82, 2.24) is 0 Å². The van der Waals surface area contributed by atoms with Crippen LogP contribution in [0.2, 0.25) is 0 Å². The fourth-order valence-electron chi connectivity index (χ4n) is 2.38. The molecule has 7 unspecified atom stereocenters. The van der Waals surface area contributed by atoms with Crippen LogP contribution < -0.4 is 0 Å². The van der Waals surface area contributed by atoms with Crippen molar-refractivity contribution in [2.45, 2.75) is 78.8 Å². The summed E-state index contributed by atoms with van der Waals surface area (Å²) in [5.41, 5.74) is 0. The molecule has 150 valence electrons. The Bertz CT molecular complexity index is 346. The van der Waals surface area contributed by atoms with Crippen LogP contribution in [0.25, 0.3) is 0 Å². The Morgan fingerprint density at radius 3 is 1.88 bits per heavy atom. The Balaban J connectivity index is 2.79. The van der Waals surface area contributed by atoms with Crippen LogP contribution in [0.3, 0.4) is 0 Å². The van der Waals surface area contributed by atoms with Crippen molar-refractivity contribution in [2.24, 2.45) is 11.8 Å². The van der Waals surface area contributed by atoms with Crippen molar-refractivity contribution in [1.29, 1.82) is 0 Å². The largest absolute Gasteiger partial charge is 0.376 e. The molecule has 1 rings (SSSR count). The minimum absolute atomic E-state index is 0.0103. The Kier molecular flexibility index (Phi) is 11.7. The van der Waals surface area contributed by atoms with Crippen molar-refractivity contribution in [3.8, 4) is 0 Å². The second-order valence-electron chi connectivity index (χ2n) is 7.12. The first-order valence-electron chi connectivity index (χ1n) is 9.50. The Morgan fingerprint density at radius 2 is 1.32 bits per heavy atom. The Hall–Kier alpha value is 0.190. The third-order valence-corrected chi connectivity index (χ3v) is 5.71. The SMILES string of the molecule is CCC(C)C1COCC(C)OCC(C)OCC(C(C)CC)OP(O)O1. The highest BCUT2D eigenvalue weighted by atomic mass is 31.2. The molecule has 1 heterocycles. The van der Waals surface area contributed by atoms with Gasteiger partial charge in [-0.1, -0.05) is 40.5 Å². The first kappa shape index (κ1) is 23.2. The predicted molar refractivity (Wildman–Crippen MR) is 99.4 cm³/mol. The van der Waals surface area contributed by atoms with E-state index in [1.54, 1.807) is 0 Å². The maximum Gasteiger partial charge on any atom is 0.330 e. The van der Waals surface area contributed by atoms with Gasteiger partial charge in [0.25, 0.3) is 0 Å². The van der Waals surface area contributed by atoms with Gasteiger partial charge in [0.1, 0.15) is 0 Å². The quantitative estimate of drug-likeness (QED) is 0.746. The van der Waals surface area contributed by atoms with E-state index in [4.69, 9.17) is 23.3 Å². The van der Waals surface area contributed by atoms with E-state index in [9.17, 15) is 4.89 Å². The van der Waals surface area contributed by atoms with Gasteiger partial charge in [0.2, 0.25) is 0 Å². The van der Waals surface area contributed by atoms with Crippen molar-refractivity contribution < 1.29 is 28.2 Å². The van der Waals surface area contributed by atoms with Gasteiger partial charge in [-0.2, -0.15) is 0 Å². The molecule has 0 aromatic rings. The van der Waals surface area contributed by atoms with Gasteiger partial charge in [-0.05, 0) is 25.7 Å². The molecule has 7 heteroatoms. The molecular weight excluding hydrogens is 343 g/mol. The van der Waals surface area contributed by atoms with Gasteiger partial charge >= 0.3 is 8.60 Å². The lowest BCUT2D eigenvalue weighted by atomic mass is 10.0. The second kappa shape index (κ2) is 12.6. The van der Waals surface area contributed by atoms with Crippen LogP contribution >= 0.6 is 8.60 Å². The first-order chi connectivity index (χ1) is 11.9. The van der Waals surface area contributed by atoms with Crippen LogP contribution in [0.15, 0.2) is 0 Å². The summed E-state index contributed by atoms with van der Waals surface area (Å²) >= 11 is 0. The zero-order valence-electron chi connectivity index (χ0n) is 16.6. The summed E-state index contributed by atoms with van der Waals surface area (Å²) in [7, 11) is -1.97. The van der Waals surface area contributed by atoms with E-state index in [0.29, 0.717) is 26.4 Å². The lowest BCUT2D eigenvalue weighted by Gasteiger charge is -2.30. The molecule has 0 aliphatic carbocycles. The van der Waals surface area contributed by atoms with Gasteiger partial charge in [0.05, 0.1) is 50.8 Å². The van der Waals surface area contributed by atoms with Gasteiger partial charge in [-0.3, -0.25) is 0 Å². The number of ether oxygens (including phenoxy) is 3. The summed E-state index contributed by atoms with van der Waals surface area (Å²) in [5, 5.41) is 0. The molecule has 7 atom stereocenters. The summed E-state index contributed by atoms with van der Waals surface area (Å²) in [5.74, 6) is 0.530. The second-order valence-corrected chi connectivity index (χ2v) is 8.02. The van der Waals surface area contributed by atoms with E-state index < -0.39 is 8.60 Å². The van der Waals surface area contributed by atoms with Gasteiger partial charge < -0.3 is 28.2 Å². The smallest absolute Gasteiger partial charge is 0.330 e. The monoisotopic (exact) mass is 380 g/mol. The van der Waals surface area contributed by atoms with Gasteiger partial charge in [-0.15, -0.1) is 0 Å². The molecule has 6 nitrogen and oxygen atoms in total. The standard InChI is InChI=1S/C18H37O6P/c1-7-13(3)17-11-20-9-15(5)21-10-16(6)22-12-18(14(4)8-2)24-25(19)23-17/h13-19H,7-12H2,1-6H3. The number of hydrogen-bond acceptors (Lipinski definition) is 6. The molecular formula is C18H37O6P. The summed E-state index contributed by atoms with van der Waals surface area (Å²) in [6.45, 7) is 14.2. The molecule has 1 fully saturated rings. The minimum atomic E-state index is -1.97. The molecule has 1 aliphatic rings. The average Bonchev–Trinajstić information content (AvgIpc) is 2.60. The fraction of sp³-hybridized carbons (Fsp3) is 1.00. The molecule has 1 saturated heterocycles. The molecule has 0 radical (unpaired) electrons. The fourth-order valence-corrected chi connectivity index (χ4v) is 3.43. The summed E-state index contributed by atoms with van der Waals surface area (Å²) in [4.78, 5) is 10.4. The van der Waals surface area contributed by atoms with E-state index >= 15 is 0 Å². The van der Waals surface area contributed by atoms with E-state index in [0.717, 1.165) is 12.8 Å². The van der Waals surface area contributed by atoms with Crippen LogP contribution in [0.5, 0.6) is 0 Å². The number of rotatable bonds is 4. The maximum atomic E-state index is 10.4. The highest BCUT2D eigenvalue weighted by Crippen LogP contribution is 2.40. The molecule has 0 amide bonds. The normalized spacial score (nSPS) is 36.4. The topological polar surface area (TPSA) is 66.4 Å². The van der Waals surface area contributed by atoms with Crippen molar-refractivity contribution in [3.63, 3.8) is 0 Å². The lowest BCUT2D eigenvalue weighted by molar-refractivity contribution is -0.0915. The Labute approximate surface area is 154 Å². The van der Waals surface area contributed by atoms with Gasteiger partial charge in [0, 0.05) is 0 Å². The molecule has 0 bridgehead atoms. The van der Waals surface area contributed by atoms with Crippen LogP contribution in [-0.4, -0.2) is 55.7 Å². The third-order valence-electron chi connectivity index (χ3n) is 4.80. The van der Waals surface area contributed by atoms with E-state index in [2.05, 4.69) is 27.7 Å². The predicted octanol–water partition coefficient (Wildman–Crippen LogP) is 3.91. The van der Waals surface area contributed by atoms with Crippen LogP contribution in [0, 0.1) is 11.8 Å². The summed E-state index contributed by atoms with van der Waals surface area (Å²) in [6, 6.07) is 0. The molecule has 0 aromatic carbocycles. The molecule has 0 saturated carbocycles. The first-order valence-corrected chi connectivity index (χ1v) is 10.6. The van der Waals surface area contributed by atoms with E-state index in [1.165, 1.54) is 0 Å². The molecule has 0 spiro atoms. The van der Waals surface area contributed by atoms with Crippen LogP contribution in [-0.2, 0) is 23.3 Å². The van der Waals surface area contributed by atoms with E-state index in [-0.39, 0.29) is 36.3 Å². The van der Waals surface area contributed by atoms with Gasteiger partial charge in [0.15, 0.2) is 0 Å². The Morgan fingerprint density at radius 1 is 0.840 bits per heavy atom. The number of hydrogen-bond donors (Lipinski definition) is 1. The van der Waals surface area contributed by atoms with Crippen LogP contribution in [0.4, 0.5) is 0 Å². The highest BCUT2D eigenvalue weighted by Gasteiger charge is 2.28. The lowest BCUT2D eigenvalue weighted by Crippen LogP contribution is -2.33. The highest BCUT2D eigenvalue weighted by molar-refractivity contribution is 7.40. The molecule has 0 aromatic heterocycles. The van der Waals surface area contributed by atoms with Crippen molar-refractivity contribution in [2.75, 3.05) is 26.4 Å². The zero-order valence-corrected chi connectivity index (χ0v) is 17.5. The molecule has 1 N–H and O–H groups in total. The van der Waals surface area contributed by atoms with E-state index in [1.807, 2.05) is 13.8 Å². The molecule has 1 aliphatic heterocycles. The molecule has 25 heavy (non-hydrogen) atoms. The van der Waals surface area contributed by atoms with Crippen LogP contribution in [0.1, 0.15) is 54.4 Å². The minimum Gasteiger partial charge on any atom is -0.376 e. The maximum absolute atomic E-state index is 10.4. The van der Waals surface area contributed by atoms with Gasteiger partial charge in [-0.25, -0.2) is 0 Å².